The number of hydrogen-bond donors (Lipinski definition) is 0. The zero-order valence-corrected chi connectivity index (χ0v) is 28.4. The van der Waals surface area contributed by atoms with Crippen molar-refractivity contribution in [1.82, 2.24) is 0 Å². The van der Waals surface area contributed by atoms with Gasteiger partial charge in [-0.05, 0) is 103 Å². The molecule has 10 rings (SSSR count). The predicted octanol–water partition coefficient (Wildman–Crippen LogP) is 10.6. The Kier molecular flexibility index (Phi) is 7.30. The van der Waals surface area contributed by atoms with Gasteiger partial charge in [0.15, 0.2) is 0 Å². The molecule has 6 aliphatic carbocycles. The standard InChI is InChI=1S/C47H47NO/c1-3-17-33(18-4-1)47(40-24-11-9-22-37(40)38-23-10-12-25-41(38)47)42-26-14-28-45-46(42)39-31-35(29-30-44(39)49-45)48(34-19-5-2-6-20-34)43-27-13-16-32-15-7-8-21-36(32)43/h1-9,11-12,14-15,17-22,24-25,27-28,31-32,35-36,38,41-42,44-46H,10,13,16,23,26,29-30H2. The highest BCUT2D eigenvalue weighted by Gasteiger charge is 2.61. The van der Waals surface area contributed by atoms with Crippen LogP contribution in [0.15, 0.2) is 157 Å². The van der Waals surface area contributed by atoms with Gasteiger partial charge in [-0.3, -0.25) is 0 Å². The van der Waals surface area contributed by atoms with Crippen molar-refractivity contribution in [3.63, 3.8) is 0 Å². The molecular weight excluding hydrogens is 595 g/mol. The molecule has 0 amide bonds. The number of hydrogen-bond acceptors (Lipinski definition) is 2. The van der Waals surface area contributed by atoms with Crippen molar-refractivity contribution in [2.45, 2.75) is 74.5 Å². The predicted molar refractivity (Wildman–Crippen MR) is 200 cm³/mol. The summed E-state index contributed by atoms with van der Waals surface area (Å²) in [6.07, 6.45) is 33.0. The Bertz CT molecular complexity index is 1900. The molecule has 0 radical (unpaired) electrons. The summed E-state index contributed by atoms with van der Waals surface area (Å²) in [4.78, 5) is 2.72. The summed E-state index contributed by atoms with van der Waals surface area (Å²) in [6, 6.07) is 32.7. The zero-order valence-electron chi connectivity index (χ0n) is 28.4. The van der Waals surface area contributed by atoms with E-state index in [0.717, 1.165) is 25.7 Å². The van der Waals surface area contributed by atoms with Gasteiger partial charge in [0, 0.05) is 28.6 Å². The van der Waals surface area contributed by atoms with Crippen LogP contribution in [0.4, 0.5) is 5.69 Å². The molecule has 246 valence electrons. The lowest BCUT2D eigenvalue weighted by atomic mass is 9.53. The summed E-state index contributed by atoms with van der Waals surface area (Å²) in [7, 11) is 0. The van der Waals surface area contributed by atoms with Crippen molar-refractivity contribution in [3.05, 3.63) is 174 Å². The molecule has 0 N–H and O–H groups in total. The molecule has 3 aromatic carbocycles. The largest absolute Gasteiger partial charge is 0.366 e. The summed E-state index contributed by atoms with van der Waals surface area (Å²) < 4.78 is 7.10. The monoisotopic (exact) mass is 641 g/mol. The summed E-state index contributed by atoms with van der Waals surface area (Å²) in [5, 5.41) is 0. The third-order valence-corrected chi connectivity index (χ3v) is 13.4. The number of fused-ring (bicyclic) bond motifs is 7. The molecule has 1 aliphatic heterocycles. The van der Waals surface area contributed by atoms with Crippen molar-refractivity contribution in [2.24, 2.45) is 29.6 Å². The van der Waals surface area contributed by atoms with E-state index in [9.17, 15) is 0 Å². The van der Waals surface area contributed by atoms with Crippen LogP contribution in [-0.2, 0) is 10.2 Å². The quantitative estimate of drug-likeness (QED) is 0.257. The van der Waals surface area contributed by atoms with E-state index in [2.05, 4.69) is 151 Å². The van der Waals surface area contributed by atoms with E-state index in [1.807, 2.05) is 0 Å². The first-order valence-electron chi connectivity index (χ1n) is 19.1. The molecule has 2 nitrogen and oxygen atoms in total. The highest BCUT2D eigenvalue weighted by Crippen LogP contribution is 2.65. The maximum absolute atomic E-state index is 7.10. The van der Waals surface area contributed by atoms with Gasteiger partial charge in [0.05, 0.1) is 18.2 Å². The molecule has 1 heterocycles. The van der Waals surface area contributed by atoms with Crippen molar-refractivity contribution in [2.75, 3.05) is 4.90 Å². The van der Waals surface area contributed by atoms with E-state index in [1.165, 1.54) is 36.2 Å². The minimum Gasteiger partial charge on any atom is -0.366 e. The highest BCUT2D eigenvalue weighted by atomic mass is 16.5. The van der Waals surface area contributed by atoms with E-state index >= 15 is 0 Å². The number of allylic oxidation sites excluding steroid dienone is 8. The van der Waals surface area contributed by atoms with E-state index in [4.69, 9.17) is 4.74 Å². The van der Waals surface area contributed by atoms with Gasteiger partial charge in [-0.25, -0.2) is 0 Å². The Balaban J connectivity index is 1.12. The Labute approximate surface area is 292 Å². The molecule has 0 saturated carbocycles. The number of benzene rings is 3. The zero-order chi connectivity index (χ0) is 32.4. The average Bonchev–Trinajstić information content (AvgIpc) is 3.70. The fourth-order valence-electron chi connectivity index (χ4n) is 11.6. The molecule has 2 heteroatoms. The van der Waals surface area contributed by atoms with Crippen molar-refractivity contribution in [3.8, 4) is 0 Å². The van der Waals surface area contributed by atoms with Crippen LogP contribution in [0.5, 0.6) is 0 Å². The smallest absolute Gasteiger partial charge is 0.0833 e. The summed E-state index contributed by atoms with van der Waals surface area (Å²) >= 11 is 0. The number of anilines is 1. The first kappa shape index (κ1) is 29.7. The lowest BCUT2D eigenvalue weighted by molar-refractivity contribution is 0.0378. The molecule has 0 aromatic heterocycles. The molecule has 7 aliphatic rings. The molecule has 3 aromatic rings. The molecule has 0 bridgehead atoms. The minimum absolute atomic E-state index is 0.101. The van der Waals surface area contributed by atoms with Crippen LogP contribution in [0.25, 0.3) is 0 Å². The molecule has 10 unspecified atom stereocenters. The van der Waals surface area contributed by atoms with Gasteiger partial charge in [-0.1, -0.05) is 134 Å². The fourth-order valence-corrected chi connectivity index (χ4v) is 11.6. The average molecular weight is 642 g/mol. The van der Waals surface area contributed by atoms with E-state index in [-0.39, 0.29) is 17.6 Å². The number of ether oxygens (including phenoxy) is 1. The summed E-state index contributed by atoms with van der Waals surface area (Å²) in [5.74, 6) is 2.79. The van der Waals surface area contributed by atoms with Gasteiger partial charge in [0.1, 0.15) is 0 Å². The fraction of sp³-hybridized carbons (Fsp3) is 0.362. The lowest BCUT2D eigenvalue weighted by Gasteiger charge is -2.49. The second-order valence-electron chi connectivity index (χ2n) is 15.5. The molecule has 1 fully saturated rings. The van der Waals surface area contributed by atoms with Gasteiger partial charge in [0.2, 0.25) is 0 Å². The molecular formula is C47H47NO. The minimum atomic E-state index is -0.101. The highest BCUT2D eigenvalue weighted by molar-refractivity contribution is 5.59. The topological polar surface area (TPSA) is 12.5 Å². The normalized spacial score (nSPS) is 36.5. The van der Waals surface area contributed by atoms with Crippen LogP contribution in [0.1, 0.15) is 67.6 Å². The van der Waals surface area contributed by atoms with Crippen LogP contribution < -0.4 is 4.90 Å². The Morgan fingerprint density at radius 2 is 1.53 bits per heavy atom. The lowest BCUT2D eigenvalue weighted by Crippen LogP contribution is -2.48. The molecule has 1 saturated heterocycles. The summed E-state index contributed by atoms with van der Waals surface area (Å²) in [6.45, 7) is 0. The van der Waals surface area contributed by atoms with Gasteiger partial charge < -0.3 is 9.64 Å². The van der Waals surface area contributed by atoms with E-state index in [0.29, 0.717) is 41.5 Å². The first-order valence-corrected chi connectivity index (χ1v) is 19.1. The third-order valence-electron chi connectivity index (χ3n) is 13.4. The Hall–Kier alpha value is -4.14. The van der Waals surface area contributed by atoms with Gasteiger partial charge >= 0.3 is 0 Å². The summed E-state index contributed by atoms with van der Waals surface area (Å²) in [5.41, 5.74) is 8.91. The number of rotatable bonds is 5. The first-order chi connectivity index (χ1) is 24.3. The maximum Gasteiger partial charge on any atom is 0.0833 e. The Morgan fingerprint density at radius 1 is 0.714 bits per heavy atom. The molecule has 49 heavy (non-hydrogen) atoms. The third kappa shape index (κ3) is 4.56. The van der Waals surface area contributed by atoms with Gasteiger partial charge in [-0.15, -0.1) is 0 Å². The van der Waals surface area contributed by atoms with Crippen molar-refractivity contribution >= 4 is 5.69 Å². The van der Waals surface area contributed by atoms with Crippen LogP contribution in [0.2, 0.25) is 0 Å². The van der Waals surface area contributed by atoms with Gasteiger partial charge in [0.25, 0.3) is 0 Å². The van der Waals surface area contributed by atoms with Crippen LogP contribution in [0, 0.1) is 29.6 Å². The van der Waals surface area contributed by atoms with E-state index < -0.39 is 0 Å². The second kappa shape index (κ2) is 12.0. The molecule has 10 atom stereocenters. The van der Waals surface area contributed by atoms with Crippen molar-refractivity contribution in [1.29, 1.82) is 0 Å². The van der Waals surface area contributed by atoms with Crippen LogP contribution in [-0.4, -0.2) is 18.2 Å². The number of nitrogens with zero attached hydrogens (tertiary/aromatic N) is 1. The Morgan fingerprint density at radius 3 is 2.43 bits per heavy atom. The van der Waals surface area contributed by atoms with E-state index in [1.54, 1.807) is 16.7 Å². The SMILES string of the molecule is C1=CC2CCC=C(N(c3ccccc3)C3C=C4C(CC3)OC3C=CCC(C5(c6ccccc6)c6ccccc6C6CCC=CC65)C43)C2C=C1. The van der Waals surface area contributed by atoms with Gasteiger partial charge in [-0.2, -0.15) is 0 Å². The van der Waals surface area contributed by atoms with Crippen LogP contribution >= 0.6 is 0 Å². The second-order valence-corrected chi connectivity index (χ2v) is 15.5. The maximum atomic E-state index is 7.10. The van der Waals surface area contributed by atoms with Crippen LogP contribution in [0.3, 0.4) is 0 Å². The molecule has 0 spiro atoms. The van der Waals surface area contributed by atoms with Crippen molar-refractivity contribution < 1.29 is 4.74 Å². The number of para-hydroxylation sites is 1.